The van der Waals surface area contributed by atoms with Gasteiger partial charge in [-0.2, -0.15) is 5.10 Å². The van der Waals surface area contributed by atoms with Crippen LogP contribution in [-0.2, 0) is 24.9 Å². The second-order valence-electron chi connectivity index (χ2n) is 4.88. The molecule has 0 unspecified atom stereocenters. The molecule has 114 valence electrons. The predicted octanol–water partition coefficient (Wildman–Crippen LogP) is 1.99. The highest BCUT2D eigenvalue weighted by Gasteiger charge is 2.18. The third-order valence-corrected chi connectivity index (χ3v) is 3.90. The molecule has 0 aromatic carbocycles. The minimum Gasteiger partial charge on any atom is -0.462 e. The Morgan fingerprint density at radius 2 is 2.24 bits per heavy atom. The normalized spacial score (nSPS) is 11.1. The SMILES string of the molecule is CCOC(=O)c1cnn(C)c1CN(C)Cc1csc(C)n1. The first-order chi connectivity index (χ1) is 10.0. The van der Waals surface area contributed by atoms with E-state index in [1.54, 1.807) is 29.1 Å². The molecule has 0 bridgehead atoms. The fraction of sp³-hybridized carbons (Fsp3) is 0.500. The Morgan fingerprint density at radius 3 is 2.86 bits per heavy atom. The van der Waals surface area contributed by atoms with Crippen LogP contribution in [0.4, 0.5) is 0 Å². The van der Waals surface area contributed by atoms with Crippen molar-refractivity contribution in [2.45, 2.75) is 26.9 Å². The summed E-state index contributed by atoms with van der Waals surface area (Å²) in [5, 5.41) is 7.28. The number of aromatic nitrogens is 3. The molecule has 7 heteroatoms. The average Bonchev–Trinajstić information content (AvgIpc) is 2.97. The zero-order valence-electron chi connectivity index (χ0n) is 12.8. The second-order valence-corrected chi connectivity index (χ2v) is 5.94. The number of ether oxygens (including phenoxy) is 1. The summed E-state index contributed by atoms with van der Waals surface area (Å²) in [4.78, 5) is 18.5. The number of esters is 1. The van der Waals surface area contributed by atoms with E-state index in [1.165, 1.54) is 0 Å². The van der Waals surface area contributed by atoms with Crippen molar-refractivity contribution >= 4 is 17.3 Å². The highest BCUT2D eigenvalue weighted by Crippen LogP contribution is 2.15. The van der Waals surface area contributed by atoms with Crippen LogP contribution in [0.15, 0.2) is 11.6 Å². The maximum Gasteiger partial charge on any atom is 0.341 e. The molecule has 0 aliphatic carbocycles. The zero-order valence-corrected chi connectivity index (χ0v) is 13.6. The Hall–Kier alpha value is -1.73. The van der Waals surface area contributed by atoms with E-state index in [1.807, 2.05) is 21.0 Å². The molecule has 0 aliphatic heterocycles. The first-order valence-corrected chi connectivity index (χ1v) is 7.66. The fourth-order valence-electron chi connectivity index (χ4n) is 2.10. The molecular weight excluding hydrogens is 288 g/mol. The van der Waals surface area contributed by atoms with Gasteiger partial charge in [-0.1, -0.05) is 0 Å². The fourth-order valence-corrected chi connectivity index (χ4v) is 2.70. The van der Waals surface area contributed by atoms with E-state index in [2.05, 4.69) is 20.4 Å². The Kier molecular flexibility index (Phi) is 5.08. The van der Waals surface area contributed by atoms with Crippen LogP contribution in [-0.4, -0.2) is 39.3 Å². The number of hydrogen-bond donors (Lipinski definition) is 0. The van der Waals surface area contributed by atoms with Crippen LogP contribution in [0.5, 0.6) is 0 Å². The van der Waals surface area contributed by atoms with Crippen molar-refractivity contribution in [3.63, 3.8) is 0 Å². The summed E-state index contributed by atoms with van der Waals surface area (Å²) in [6.07, 6.45) is 1.56. The Morgan fingerprint density at radius 1 is 1.48 bits per heavy atom. The van der Waals surface area contributed by atoms with Crippen molar-refractivity contribution < 1.29 is 9.53 Å². The van der Waals surface area contributed by atoms with Gasteiger partial charge in [-0.15, -0.1) is 11.3 Å². The predicted molar refractivity (Wildman–Crippen MR) is 81.2 cm³/mol. The zero-order chi connectivity index (χ0) is 15.4. The van der Waals surface area contributed by atoms with Crippen molar-refractivity contribution in [2.24, 2.45) is 7.05 Å². The third kappa shape index (κ3) is 3.89. The average molecular weight is 308 g/mol. The number of nitrogens with zero attached hydrogens (tertiary/aromatic N) is 4. The highest BCUT2D eigenvalue weighted by atomic mass is 32.1. The molecule has 2 heterocycles. The number of carbonyl (C=O) groups is 1. The van der Waals surface area contributed by atoms with Gasteiger partial charge < -0.3 is 4.74 Å². The van der Waals surface area contributed by atoms with Gasteiger partial charge in [0.25, 0.3) is 0 Å². The van der Waals surface area contributed by atoms with Crippen LogP contribution in [0.3, 0.4) is 0 Å². The van der Waals surface area contributed by atoms with Crippen LogP contribution < -0.4 is 0 Å². The lowest BCUT2D eigenvalue weighted by atomic mass is 10.2. The molecule has 0 aliphatic rings. The monoisotopic (exact) mass is 308 g/mol. The van der Waals surface area contributed by atoms with E-state index < -0.39 is 0 Å². The Labute approximate surface area is 128 Å². The summed E-state index contributed by atoms with van der Waals surface area (Å²) >= 11 is 1.64. The van der Waals surface area contributed by atoms with Crippen LogP contribution in [0.25, 0.3) is 0 Å². The number of aryl methyl sites for hydroxylation is 2. The van der Waals surface area contributed by atoms with E-state index in [0.717, 1.165) is 22.9 Å². The van der Waals surface area contributed by atoms with Gasteiger partial charge in [0.1, 0.15) is 5.56 Å². The van der Waals surface area contributed by atoms with Crippen molar-refractivity contribution in [1.29, 1.82) is 0 Å². The molecule has 0 N–H and O–H groups in total. The summed E-state index contributed by atoms with van der Waals surface area (Å²) in [6.45, 7) is 5.50. The van der Waals surface area contributed by atoms with Crippen molar-refractivity contribution in [3.8, 4) is 0 Å². The largest absolute Gasteiger partial charge is 0.462 e. The van der Waals surface area contributed by atoms with Gasteiger partial charge in [0.05, 0.1) is 29.2 Å². The van der Waals surface area contributed by atoms with Gasteiger partial charge in [0.15, 0.2) is 0 Å². The lowest BCUT2D eigenvalue weighted by molar-refractivity contribution is 0.0524. The molecule has 21 heavy (non-hydrogen) atoms. The summed E-state index contributed by atoms with van der Waals surface area (Å²) < 4.78 is 6.78. The molecule has 0 radical (unpaired) electrons. The van der Waals surface area contributed by atoms with Crippen LogP contribution >= 0.6 is 11.3 Å². The molecular formula is C14H20N4O2S. The highest BCUT2D eigenvalue weighted by molar-refractivity contribution is 7.09. The second kappa shape index (κ2) is 6.82. The maximum atomic E-state index is 11.9. The third-order valence-electron chi connectivity index (χ3n) is 3.08. The van der Waals surface area contributed by atoms with Gasteiger partial charge in [0, 0.05) is 25.5 Å². The quantitative estimate of drug-likeness (QED) is 0.764. The number of thiazole rings is 1. The van der Waals surface area contributed by atoms with E-state index in [4.69, 9.17) is 4.74 Å². The lowest BCUT2D eigenvalue weighted by Gasteiger charge is -2.16. The molecule has 0 amide bonds. The maximum absolute atomic E-state index is 11.9. The van der Waals surface area contributed by atoms with Crippen molar-refractivity contribution in [1.82, 2.24) is 19.7 Å². The van der Waals surface area contributed by atoms with Gasteiger partial charge in [0.2, 0.25) is 0 Å². The van der Waals surface area contributed by atoms with Gasteiger partial charge in [-0.3, -0.25) is 9.58 Å². The first-order valence-electron chi connectivity index (χ1n) is 6.78. The van der Waals surface area contributed by atoms with Gasteiger partial charge >= 0.3 is 5.97 Å². The Bertz CT molecular complexity index is 620. The Balaban J connectivity index is 2.08. The number of rotatable bonds is 6. The van der Waals surface area contributed by atoms with Crippen molar-refractivity contribution in [3.05, 3.63) is 33.5 Å². The summed E-state index contributed by atoms with van der Waals surface area (Å²) in [6, 6.07) is 0. The summed E-state index contributed by atoms with van der Waals surface area (Å²) in [5.41, 5.74) is 2.42. The lowest BCUT2D eigenvalue weighted by Crippen LogP contribution is -2.21. The summed E-state index contributed by atoms with van der Waals surface area (Å²) in [5.74, 6) is -0.321. The molecule has 0 atom stereocenters. The molecule has 2 aromatic rings. The first kappa shape index (κ1) is 15.7. The molecule has 0 fully saturated rings. The topological polar surface area (TPSA) is 60.2 Å². The number of carbonyl (C=O) groups excluding carboxylic acids is 1. The molecule has 0 saturated heterocycles. The van der Waals surface area contributed by atoms with Crippen LogP contribution in [0, 0.1) is 6.92 Å². The number of hydrogen-bond acceptors (Lipinski definition) is 6. The summed E-state index contributed by atoms with van der Waals surface area (Å²) in [7, 11) is 3.83. The standard InChI is InChI=1S/C14H20N4O2S/c1-5-20-14(19)12-6-15-18(4)13(12)8-17(3)7-11-9-21-10(2)16-11/h6,9H,5,7-8H2,1-4H3. The smallest absolute Gasteiger partial charge is 0.341 e. The van der Waals surface area contributed by atoms with Gasteiger partial charge in [-0.05, 0) is 20.9 Å². The van der Waals surface area contributed by atoms with E-state index in [-0.39, 0.29) is 5.97 Å². The minimum atomic E-state index is -0.321. The van der Waals surface area contributed by atoms with E-state index >= 15 is 0 Å². The van der Waals surface area contributed by atoms with E-state index in [0.29, 0.717) is 18.7 Å². The van der Waals surface area contributed by atoms with E-state index in [9.17, 15) is 4.79 Å². The molecule has 0 spiro atoms. The molecule has 2 rings (SSSR count). The molecule has 6 nitrogen and oxygen atoms in total. The van der Waals surface area contributed by atoms with Crippen LogP contribution in [0.1, 0.15) is 33.7 Å². The van der Waals surface area contributed by atoms with Crippen LogP contribution in [0.2, 0.25) is 0 Å². The van der Waals surface area contributed by atoms with Gasteiger partial charge in [-0.25, -0.2) is 9.78 Å². The molecule has 0 saturated carbocycles. The minimum absolute atomic E-state index is 0.321. The molecule has 2 aromatic heterocycles. The van der Waals surface area contributed by atoms with Crippen molar-refractivity contribution in [2.75, 3.05) is 13.7 Å².